The van der Waals surface area contributed by atoms with Crippen LogP contribution in [0.4, 0.5) is 0 Å². The molecule has 5 nitrogen and oxygen atoms in total. The van der Waals surface area contributed by atoms with E-state index in [1.807, 2.05) is 24.7 Å². The van der Waals surface area contributed by atoms with E-state index >= 15 is 0 Å². The van der Waals surface area contributed by atoms with E-state index in [2.05, 4.69) is 51.3 Å². The lowest BCUT2D eigenvalue weighted by atomic mass is 9.95. The van der Waals surface area contributed by atoms with Crippen LogP contribution in [0, 0.1) is 11.8 Å². The minimum Gasteiger partial charge on any atom is -0.352 e. The first-order valence-corrected chi connectivity index (χ1v) is 10.4. The summed E-state index contributed by atoms with van der Waals surface area (Å²) in [4.78, 5) is 16.7. The molecule has 166 valence electrons. The summed E-state index contributed by atoms with van der Waals surface area (Å²) in [5.41, 5.74) is 10.5. The van der Waals surface area contributed by atoms with Crippen molar-refractivity contribution in [3.8, 4) is 11.1 Å². The molecule has 0 saturated heterocycles. The predicted molar refractivity (Wildman–Crippen MR) is 129 cm³/mol. The van der Waals surface area contributed by atoms with Gasteiger partial charge in [0.2, 0.25) is 5.91 Å². The summed E-state index contributed by atoms with van der Waals surface area (Å²) in [5.74, 6) is 0.534. The molecule has 7 heteroatoms. The maximum atomic E-state index is 12.7. The fraction of sp³-hybridized carbons (Fsp3) is 0.333. The quantitative estimate of drug-likeness (QED) is 0.547. The zero-order valence-corrected chi connectivity index (χ0v) is 19.1. The van der Waals surface area contributed by atoms with Crippen LogP contribution >= 0.6 is 24.8 Å². The van der Waals surface area contributed by atoms with Gasteiger partial charge in [-0.15, -0.1) is 24.8 Å². The molecule has 4 rings (SSSR count). The second-order valence-corrected chi connectivity index (χ2v) is 7.84. The third-order valence-electron chi connectivity index (χ3n) is 5.96. The number of imidazole rings is 1. The van der Waals surface area contributed by atoms with Crippen LogP contribution in [0.2, 0.25) is 0 Å². The molecule has 1 amide bonds. The Labute approximate surface area is 196 Å². The third kappa shape index (κ3) is 6.10. The molecule has 31 heavy (non-hydrogen) atoms. The van der Waals surface area contributed by atoms with Crippen LogP contribution in [-0.2, 0) is 17.9 Å². The highest BCUT2D eigenvalue weighted by atomic mass is 35.5. The maximum absolute atomic E-state index is 12.7. The van der Waals surface area contributed by atoms with E-state index in [0.29, 0.717) is 19.0 Å². The molecule has 0 spiro atoms. The van der Waals surface area contributed by atoms with Crippen LogP contribution < -0.4 is 11.1 Å². The predicted octanol–water partition coefficient (Wildman–Crippen LogP) is 4.43. The first kappa shape index (κ1) is 24.9. The van der Waals surface area contributed by atoms with Gasteiger partial charge in [-0.3, -0.25) is 4.79 Å². The number of halogens is 2. The molecule has 2 aromatic carbocycles. The highest BCUT2D eigenvalue weighted by Crippen LogP contribution is 2.31. The minimum absolute atomic E-state index is 0. The number of amides is 1. The zero-order chi connectivity index (χ0) is 20.1. The number of rotatable bonds is 7. The van der Waals surface area contributed by atoms with E-state index < -0.39 is 0 Å². The van der Waals surface area contributed by atoms with Crippen molar-refractivity contribution < 1.29 is 4.79 Å². The van der Waals surface area contributed by atoms with Gasteiger partial charge in [-0.1, -0.05) is 55.0 Å². The first-order valence-electron chi connectivity index (χ1n) is 10.4. The highest BCUT2D eigenvalue weighted by Gasteiger charge is 2.31. The van der Waals surface area contributed by atoms with Crippen molar-refractivity contribution in [3.63, 3.8) is 0 Å². The number of hydrogen-bond donors (Lipinski definition) is 2. The lowest BCUT2D eigenvalue weighted by molar-refractivity contribution is -0.126. The molecule has 1 aliphatic carbocycles. The van der Waals surface area contributed by atoms with Crippen molar-refractivity contribution in [1.82, 2.24) is 14.9 Å². The first-order chi connectivity index (χ1) is 14.2. The van der Waals surface area contributed by atoms with E-state index in [1.165, 1.54) is 5.56 Å². The molecule has 1 fully saturated rings. The molecule has 0 aliphatic heterocycles. The van der Waals surface area contributed by atoms with Crippen LogP contribution in [0.5, 0.6) is 0 Å². The summed E-state index contributed by atoms with van der Waals surface area (Å²) in [6.07, 6.45) is 8.70. The topological polar surface area (TPSA) is 72.9 Å². The molecule has 0 radical (unpaired) electrons. The molecule has 2 atom stereocenters. The molecule has 0 unspecified atom stereocenters. The Bertz CT molecular complexity index is 944. The van der Waals surface area contributed by atoms with Crippen molar-refractivity contribution in [2.75, 3.05) is 6.54 Å². The highest BCUT2D eigenvalue weighted by molar-refractivity contribution is 5.85. The Morgan fingerprint density at radius 1 is 1.10 bits per heavy atom. The monoisotopic (exact) mass is 460 g/mol. The standard InChI is InChI=1S/C24H28N4O.2ClH/c25-14-20-5-3-7-23(20)24(29)27-15-21-4-1-2-6-22(21)19-10-8-18(9-11-19)16-28-13-12-26-17-28;;/h1-2,4,6,8-13,17,20,23H,3,5,7,14-16,25H2,(H,27,29);2*1H/t20-,23-;;/m1../s1. The third-order valence-corrected chi connectivity index (χ3v) is 5.96. The maximum Gasteiger partial charge on any atom is 0.223 e. The molecule has 1 aliphatic rings. The molecular formula is C24H30Cl2N4O. The van der Waals surface area contributed by atoms with Crippen molar-refractivity contribution in [2.45, 2.75) is 32.4 Å². The van der Waals surface area contributed by atoms with Gasteiger partial charge in [0.15, 0.2) is 0 Å². The molecule has 1 aromatic heterocycles. The average molecular weight is 461 g/mol. The number of nitrogens with zero attached hydrogens (tertiary/aromatic N) is 2. The van der Waals surface area contributed by atoms with Crippen LogP contribution in [0.15, 0.2) is 67.3 Å². The van der Waals surface area contributed by atoms with Crippen molar-refractivity contribution in [3.05, 3.63) is 78.4 Å². The van der Waals surface area contributed by atoms with Crippen LogP contribution in [0.1, 0.15) is 30.4 Å². The number of nitrogens with two attached hydrogens (primary N) is 1. The second kappa shape index (κ2) is 11.9. The molecule has 1 saturated carbocycles. The average Bonchev–Trinajstić information content (AvgIpc) is 3.44. The fourth-order valence-corrected chi connectivity index (χ4v) is 4.31. The summed E-state index contributed by atoms with van der Waals surface area (Å²) < 4.78 is 2.05. The van der Waals surface area contributed by atoms with E-state index in [1.54, 1.807) is 6.20 Å². The largest absolute Gasteiger partial charge is 0.352 e. The van der Waals surface area contributed by atoms with Gasteiger partial charge in [-0.2, -0.15) is 0 Å². The van der Waals surface area contributed by atoms with Gasteiger partial charge >= 0.3 is 0 Å². The van der Waals surface area contributed by atoms with E-state index in [-0.39, 0.29) is 36.6 Å². The van der Waals surface area contributed by atoms with E-state index in [0.717, 1.165) is 42.5 Å². The van der Waals surface area contributed by atoms with Crippen LogP contribution in [0.25, 0.3) is 11.1 Å². The number of aromatic nitrogens is 2. The van der Waals surface area contributed by atoms with Gasteiger partial charge in [-0.05, 0) is 47.6 Å². The molecular weight excluding hydrogens is 431 g/mol. The molecule has 3 N–H and O–H groups in total. The van der Waals surface area contributed by atoms with Gasteiger partial charge in [-0.25, -0.2) is 4.98 Å². The molecule has 0 bridgehead atoms. The van der Waals surface area contributed by atoms with Gasteiger partial charge < -0.3 is 15.6 Å². The Morgan fingerprint density at radius 2 is 1.87 bits per heavy atom. The summed E-state index contributed by atoms with van der Waals surface area (Å²) in [6.45, 7) is 1.95. The van der Waals surface area contributed by atoms with Gasteiger partial charge in [0.25, 0.3) is 0 Å². The van der Waals surface area contributed by atoms with E-state index in [9.17, 15) is 4.79 Å². The van der Waals surface area contributed by atoms with Gasteiger partial charge in [0.05, 0.1) is 6.33 Å². The van der Waals surface area contributed by atoms with Crippen LogP contribution in [-0.4, -0.2) is 22.0 Å². The number of carbonyl (C=O) groups excluding carboxylic acids is 1. The van der Waals surface area contributed by atoms with E-state index in [4.69, 9.17) is 5.73 Å². The molecule has 3 aromatic rings. The summed E-state index contributed by atoms with van der Waals surface area (Å²) in [5, 5.41) is 3.15. The van der Waals surface area contributed by atoms with Gasteiger partial charge in [0, 0.05) is 31.4 Å². The van der Waals surface area contributed by atoms with Crippen molar-refractivity contribution in [1.29, 1.82) is 0 Å². The summed E-state index contributed by atoms with van der Waals surface area (Å²) in [6, 6.07) is 16.9. The van der Waals surface area contributed by atoms with Crippen molar-refractivity contribution >= 4 is 30.7 Å². The van der Waals surface area contributed by atoms with Crippen LogP contribution in [0.3, 0.4) is 0 Å². The summed E-state index contributed by atoms with van der Waals surface area (Å²) in [7, 11) is 0. The Morgan fingerprint density at radius 3 is 2.58 bits per heavy atom. The number of carbonyl (C=O) groups is 1. The fourth-order valence-electron chi connectivity index (χ4n) is 4.31. The number of benzene rings is 2. The zero-order valence-electron chi connectivity index (χ0n) is 17.4. The van der Waals surface area contributed by atoms with Crippen molar-refractivity contribution in [2.24, 2.45) is 17.6 Å². The van der Waals surface area contributed by atoms with Gasteiger partial charge in [0.1, 0.15) is 0 Å². The normalized spacial score (nSPS) is 17.5. The number of hydrogen-bond acceptors (Lipinski definition) is 3. The minimum atomic E-state index is 0. The Hall–Kier alpha value is -2.34. The number of nitrogens with one attached hydrogen (secondary N) is 1. The second-order valence-electron chi connectivity index (χ2n) is 7.84. The lowest BCUT2D eigenvalue weighted by Gasteiger charge is -2.18. The SMILES string of the molecule is Cl.Cl.NC[C@H]1CCC[C@H]1C(=O)NCc1ccccc1-c1ccc(Cn2ccnc2)cc1. The molecule has 1 heterocycles. The summed E-state index contributed by atoms with van der Waals surface area (Å²) >= 11 is 0. The smallest absolute Gasteiger partial charge is 0.223 e. The Balaban J connectivity index is 0.00000171. The lowest BCUT2D eigenvalue weighted by Crippen LogP contribution is -2.34. The Kier molecular flexibility index (Phi) is 9.56.